The smallest absolute Gasteiger partial charge is 0.238 e. The molecule has 1 saturated heterocycles. The number of halogens is 2. The monoisotopic (exact) mass is 416 g/mol. The molecule has 2 aromatic carbocycles. The number of carbonyl (C=O) groups is 1. The highest BCUT2D eigenvalue weighted by Crippen LogP contribution is 2.49. The standard InChI is InChI=1S/C23H26ClFN2O2/c24-17-6-10-19(11-7-17)26-21(28)15-27-14-13-23(29)12-2-1-3-20(23)22(27)16-4-8-18(25)9-5-16/h4-11,20,22,29H,1-3,12-15H2,(H,26,28)/t20-,22+,23+/m0/s1. The van der Waals surface area contributed by atoms with Crippen molar-refractivity contribution in [2.45, 2.75) is 43.7 Å². The largest absolute Gasteiger partial charge is 0.389 e. The van der Waals surface area contributed by atoms with Gasteiger partial charge in [0.25, 0.3) is 0 Å². The third-order valence-electron chi connectivity index (χ3n) is 6.36. The minimum Gasteiger partial charge on any atom is -0.389 e. The normalized spacial score (nSPS) is 27.3. The van der Waals surface area contributed by atoms with E-state index in [9.17, 15) is 14.3 Å². The van der Waals surface area contributed by atoms with Crippen LogP contribution in [-0.4, -0.2) is 34.6 Å². The molecule has 1 aliphatic heterocycles. The van der Waals surface area contributed by atoms with Crippen LogP contribution >= 0.6 is 11.6 Å². The Kier molecular flexibility index (Phi) is 5.91. The van der Waals surface area contributed by atoms with Crippen LogP contribution in [0.4, 0.5) is 10.1 Å². The maximum Gasteiger partial charge on any atom is 0.238 e. The van der Waals surface area contributed by atoms with Gasteiger partial charge in [-0.2, -0.15) is 0 Å². The fourth-order valence-corrected chi connectivity index (χ4v) is 5.07. The number of benzene rings is 2. The minimum absolute atomic E-state index is 0.0405. The van der Waals surface area contributed by atoms with Gasteiger partial charge in [-0.1, -0.05) is 36.6 Å². The lowest BCUT2D eigenvalue weighted by Gasteiger charge is -2.52. The van der Waals surface area contributed by atoms with Crippen LogP contribution in [0.2, 0.25) is 5.02 Å². The number of amides is 1. The summed E-state index contributed by atoms with van der Waals surface area (Å²) in [4.78, 5) is 14.9. The molecule has 1 aliphatic carbocycles. The molecule has 4 nitrogen and oxygen atoms in total. The number of carbonyl (C=O) groups excluding carboxylic acids is 1. The van der Waals surface area contributed by atoms with Crippen LogP contribution in [0.1, 0.15) is 43.7 Å². The summed E-state index contributed by atoms with van der Waals surface area (Å²) in [6, 6.07) is 13.4. The summed E-state index contributed by atoms with van der Waals surface area (Å²) < 4.78 is 13.5. The second-order valence-electron chi connectivity index (χ2n) is 8.23. The molecule has 2 aliphatic rings. The number of nitrogens with zero attached hydrogens (tertiary/aromatic N) is 1. The third-order valence-corrected chi connectivity index (χ3v) is 6.61. The van der Waals surface area contributed by atoms with E-state index in [0.29, 0.717) is 23.7 Å². The highest BCUT2D eigenvalue weighted by atomic mass is 35.5. The molecule has 1 heterocycles. The Bertz CT molecular complexity index is 858. The number of likely N-dealkylation sites (tertiary alicyclic amines) is 1. The van der Waals surface area contributed by atoms with E-state index in [4.69, 9.17) is 11.6 Å². The van der Waals surface area contributed by atoms with Crippen LogP contribution in [0.3, 0.4) is 0 Å². The summed E-state index contributed by atoms with van der Waals surface area (Å²) >= 11 is 5.91. The molecule has 6 heteroatoms. The topological polar surface area (TPSA) is 52.6 Å². The van der Waals surface area contributed by atoms with Crippen molar-refractivity contribution in [1.29, 1.82) is 0 Å². The number of hydrogen-bond acceptors (Lipinski definition) is 3. The first-order valence-electron chi connectivity index (χ1n) is 10.2. The minimum atomic E-state index is -0.708. The SMILES string of the molecule is O=C(CN1CC[C@]2(O)CCCC[C@H]2[C@H]1c1ccc(F)cc1)Nc1ccc(Cl)cc1. The van der Waals surface area contributed by atoms with Crippen molar-refractivity contribution >= 4 is 23.2 Å². The van der Waals surface area contributed by atoms with Crippen molar-refractivity contribution in [2.75, 3.05) is 18.4 Å². The maximum absolute atomic E-state index is 13.5. The van der Waals surface area contributed by atoms with Crippen molar-refractivity contribution < 1.29 is 14.3 Å². The summed E-state index contributed by atoms with van der Waals surface area (Å²) in [5.41, 5.74) is 0.945. The molecule has 2 N–H and O–H groups in total. The molecule has 1 saturated carbocycles. The van der Waals surface area contributed by atoms with Crippen LogP contribution in [0.5, 0.6) is 0 Å². The Morgan fingerprint density at radius 3 is 2.59 bits per heavy atom. The van der Waals surface area contributed by atoms with Gasteiger partial charge in [-0.15, -0.1) is 0 Å². The lowest BCUT2D eigenvalue weighted by molar-refractivity contribution is -0.135. The number of fused-ring (bicyclic) bond motifs is 1. The zero-order valence-corrected chi connectivity index (χ0v) is 17.0. The first-order valence-corrected chi connectivity index (χ1v) is 10.6. The molecule has 4 rings (SSSR count). The van der Waals surface area contributed by atoms with Crippen LogP contribution in [-0.2, 0) is 4.79 Å². The summed E-state index contributed by atoms with van der Waals surface area (Å²) in [5, 5.41) is 14.8. The predicted octanol–water partition coefficient (Wildman–Crippen LogP) is 4.79. The molecule has 0 aromatic heterocycles. The van der Waals surface area contributed by atoms with Crippen molar-refractivity contribution in [3.8, 4) is 0 Å². The van der Waals surface area contributed by atoms with Crippen molar-refractivity contribution in [3.05, 3.63) is 64.9 Å². The Labute approximate surface area is 175 Å². The number of aliphatic hydroxyl groups is 1. The zero-order chi connectivity index (χ0) is 20.4. The third kappa shape index (κ3) is 4.47. The van der Waals surface area contributed by atoms with Crippen LogP contribution in [0.15, 0.2) is 48.5 Å². The Morgan fingerprint density at radius 2 is 1.86 bits per heavy atom. The summed E-state index contributed by atoms with van der Waals surface area (Å²) in [6.07, 6.45) is 4.45. The van der Waals surface area contributed by atoms with E-state index in [1.54, 1.807) is 36.4 Å². The van der Waals surface area contributed by atoms with E-state index >= 15 is 0 Å². The van der Waals surface area contributed by atoms with E-state index < -0.39 is 5.60 Å². The molecule has 2 fully saturated rings. The van der Waals surface area contributed by atoms with Gasteiger partial charge in [0.2, 0.25) is 5.91 Å². The number of hydrogen-bond donors (Lipinski definition) is 2. The van der Waals surface area contributed by atoms with Crippen LogP contribution in [0, 0.1) is 11.7 Å². The molecule has 0 unspecified atom stereocenters. The van der Waals surface area contributed by atoms with Crippen molar-refractivity contribution in [2.24, 2.45) is 5.92 Å². The van der Waals surface area contributed by atoms with Crippen LogP contribution < -0.4 is 5.32 Å². The molecule has 0 spiro atoms. The molecular formula is C23H26ClFN2O2. The fourth-order valence-electron chi connectivity index (χ4n) is 4.94. The average Bonchev–Trinajstić information content (AvgIpc) is 2.70. The number of rotatable bonds is 4. The average molecular weight is 417 g/mol. The van der Waals surface area contributed by atoms with Crippen molar-refractivity contribution in [1.82, 2.24) is 4.90 Å². The molecule has 3 atom stereocenters. The molecular weight excluding hydrogens is 391 g/mol. The zero-order valence-electron chi connectivity index (χ0n) is 16.3. The number of nitrogens with one attached hydrogen (secondary N) is 1. The lowest BCUT2D eigenvalue weighted by Crippen LogP contribution is -2.56. The second kappa shape index (κ2) is 8.42. The molecule has 0 bridgehead atoms. The van der Waals surface area contributed by atoms with Gasteiger partial charge in [0.1, 0.15) is 5.82 Å². The number of anilines is 1. The highest BCUT2D eigenvalue weighted by Gasteiger charge is 2.49. The van der Waals surface area contributed by atoms with Gasteiger partial charge in [-0.3, -0.25) is 9.69 Å². The second-order valence-corrected chi connectivity index (χ2v) is 8.66. The molecule has 1 amide bonds. The Morgan fingerprint density at radius 1 is 1.14 bits per heavy atom. The summed E-state index contributed by atoms with van der Waals surface area (Å²) in [5.74, 6) is -0.352. The predicted molar refractivity (Wildman–Crippen MR) is 112 cm³/mol. The van der Waals surface area contributed by atoms with E-state index in [1.165, 1.54) is 12.1 Å². The Balaban J connectivity index is 1.56. The maximum atomic E-state index is 13.5. The van der Waals surface area contributed by atoms with Crippen LogP contribution in [0.25, 0.3) is 0 Å². The van der Waals surface area contributed by atoms with Gasteiger partial charge in [0, 0.05) is 29.2 Å². The van der Waals surface area contributed by atoms with Gasteiger partial charge in [-0.25, -0.2) is 4.39 Å². The molecule has 29 heavy (non-hydrogen) atoms. The van der Waals surface area contributed by atoms with E-state index in [1.807, 2.05) is 0 Å². The molecule has 154 valence electrons. The van der Waals surface area contributed by atoms with Gasteiger partial charge in [0.05, 0.1) is 12.1 Å². The van der Waals surface area contributed by atoms with Gasteiger partial charge >= 0.3 is 0 Å². The molecule has 2 aromatic rings. The van der Waals surface area contributed by atoms with Gasteiger partial charge < -0.3 is 10.4 Å². The van der Waals surface area contributed by atoms with Gasteiger partial charge in [-0.05, 0) is 61.2 Å². The quantitative estimate of drug-likeness (QED) is 0.753. The van der Waals surface area contributed by atoms with E-state index in [2.05, 4.69) is 10.2 Å². The molecule has 0 radical (unpaired) electrons. The van der Waals surface area contributed by atoms with Crippen molar-refractivity contribution in [3.63, 3.8) is 0 Å². The summed E-state index contributed by atoms with van der Waals surface area (Å²) in [7, 11) is 0. The fraction of sp³-hybridized carbons (Fsp3) is 0.435. The first-order chi connectivity index (χ1) is 13.9. The first kappa shape index (κ1) is 20.3. The number of piperidine rings is 1. The van der Waals surface area contributed by atoms with Gasteiger partial charge in [0.15, 0.2) is 0 Å². The lowest BCUT2D eigenvalue weighted by atomic mass is 9.66. The van der Waals surface area contributed by atoms with E-state index in [-0.39, 0.29) is 30.2 Å². The van der Waals surface area contributed by atoms with E-state index in [0.717, 1.165) is 31.2 Å². The Hall–Kier alpha value is -1.95. The summed E-state index contributed by atoms with van der Waals surface area (Å²) in [6.45, 7) is 0.848. The highest BCUT2D eigenvalue weighted by molar-refractivity contribution is 6.30.